The molecule has 0 unspecified atom stereocenters. The maximum Gasteiger partial charge on any atom is 0.326 e. The number of H-pyrrole nitrogens is 1. The van der Waals surface area contributed by atoms with Gasteiger partial charge in [0.2, 0.25) is 70.9 Å². The van der Waals surface area contributed by atoms with Crippen molar-refractivity contribution in [2.45, 2.75) is 225 Å². The van der Waals surface area contributed by atoms with E-state index in [2.05, 4.69) is 52.5 Å². The van der Waals surface area contributed by atoms with Gasteiger partial charge >= 0.3 is 5.97 Å². The summed E-state index contributed by atoms with van der Waals surface area (Å²) < 4.78 is 0. The SMILES string of the molecule is CC[C@H](C)[C@H](NC(=O)[C@@H]1CCCN1C(=O)[C@@H]1CCCN1C(=O)[C@@H](NC(=O)[C@H](Cc1c[nH]c2ccccc12)NC(=O)[C@H](Cc1ccccc1)NC(=O)[C@H](C)NC(=O)[C@H](CCCN=C(N)N)NC(=O)[C@H](CCC(N)=O)NC(=O)[C@@H]1CCCN1C(=O)[C@@H](N)CC(C)C)C(C)C)C(=O)N[C@H](C(=O)O)C(C)C. The van der Waals surface area contributed by atoms with E-state index in [9.17, 15) is 53.1 Å². The number of amides is 12. The predicted molar refractivity (Wildman–Crippen MR) is 380 cm³/mol. The fourth-order valence-corrected chi connectivity index (χ4v) is 13.2. The molecule has 0 bridgehead atoms. The van der Waals surface area contributed by atoms with Crippen molar-refractivity contribution in [3.63, 3.8) is 0 Å². The molecule has 3 aromatic rings. The standard InChI is InChI=1S/C71H107N17O14/c1-10-41(8)58(66(97)84-57(40(6)7)70(101)102)85-65(96)53-26-18-32-87(53)68(99)54-27-19-33-88(54)69(100)56(39(4)5)83-63(94)51(36-44-37-77-47-23-15-14-22-45(44)47)82-62(93)50(35-43-20-12-11-13-21-43)81-59(90)42(9)78-60(91)48(24-16-30-76-71(74)75)79-61(92)49(28-29-55(73)89)80-64(95)52-25-17-31-86(52)67(98)46(72)34-38(2)3/h11-15,20-23,37-42,46,48-54,56-58,77H,10,16-19,24-36,72H2,1-9H3,(H2,73,89)(H,78,91)(H,79,92)(H,80,95)(H,81,90)(H,82,93)(H,83,94)(H,84,97)(H,85,96)(H,101,102)(H4,74,75,76)/t41-,42-,46-,48-,49-,50-,51-,52-,53-,54-,56-,57-,58-/m0/s1. The van der Waals surface area contributed by atoms with Crippen molar-refractivity contribution in [2.75, 3.05) is 26.2 Å². The van der Waals surface area contributed by atoms with Gasteiger partial charge in [-0.15, -0.1) is 0 Å². The summed E-state index contributed by atoms with van der Waals surface area (Å²) in [7, 11) is 0. The average Bonchev–Trinajstić information content (AvgIpc) is 1.62. The molecule has 0 spiro atoms. The molecule has 12 amide bonds. The van der Waals surface area contributed by atoms with Crippen LogP contribution in [0.1, 0.15) is 150 Å². The molecule has 3 aliphatic heterocycles. The minimum Gasteiger partial charge on any atom is -0.480 e. The summed E-state index contributed by atoms with van der Waals surface area (Å²) in [6.07, 6.45) is 3.75. The number of nitrogens with two attached hydrogens (primary N) is 4. The van der Waals surface area contributed by atoms with Crippen molar-refractivity contribution >= 4 is 93.7 Å². The topological polar surface area (TPSA) is 480 Å². The molecule has 102 heavy (non-hydrogen) atoms. The van der Waals surface area contributed by atoms with Crippen molar-refractivity contribution in [3.8, 4) is 0 Å². The number of aromatic nitrogens is 1. The number of nitrogens with zero attached hydrogens (tertiary/aromatic N) is 4. The number of rotatable bonds is 37. The number of guanidine groups is 1. The van der Waals surface area contributed by atoms with Gasteiger partial charge in [-0.2, -0.15) is 0 Å². The van der Waals surface area contributed by atoms with Crippen LogP contribution < -0.4 is 65.5 Å². The van der Waals surface area contributed by atoms with Crippen LogP contribution in [0.25, 0.3) is 10.9 Å². The summed E-state index contributed by atoms with van der Waals surface area (Å²) in [4.78, 5) is 194. The van der Waals surface area contributed by atoms with E-state index in [1.165, 1.54) is 21.6 Å². The number of likely N-dealkylation sites (tertiary alicyclic amines) is 3. The van der Waals surface area contributed by atoms with Crippen molar-refractivity contribution in [3.05, 3.63) is 71.9 Å². The first kappa shape index (κ1) is 81.3. The van der Waals surface area contributed by atoms with Crippen LogP contribution in [0.4, 0.5) is 0 Å². The molecule has 0 saturated carbocycles. The number of aromatic amines is 1. The molecular formula is C71H107N17O14. The first-order chi connectivity index (χ1) is 48.3. The Morgan fingerprint density at radius 2 is 1.08 bits per heavy atom. The molecule has 3 fully saturated rings. The number of carboxylic acids is 1. The number of aliphatic imine (C=N–C) groups is 1. The highest BCUT2D eigenvalue weighted by Crippen LogP contribution is 2.28. The number of benzene rings is 2. The van der Waals surface area contributed by atoms with Gasteiger partial charge in [0.05, 0.1) is 6.04 Å². The third-order valence-electron chi connectivity index (χ3n) is 19.1. The first-order valence-corrected chi connectivity index (χ1v) is 35.6. The third-order valence-corrected chi connectivity index (χ3v) is 19.1. The molecule has 31 heteroatoms. The summed E-state index contributed by atoms with van der Waals surface area (Å²) in [6.45, 7) is 16.1. The molecular weight excluding hydrogens is 1310 g/mol. The molecule has 6 rings (SSSR count). The summed E-state index contributed by atoms with van der Waals surface area (Å²) in [5, 5.41) is 32.3. The number of primary amides is 1. The molecule has 1 aromatic heterocycles. The molecule has 0 radical (unpaired) electrons. The Hall–Kier alpha value is -9.68. The molecule has 0 aliphatic carbocycles. The van der Waals surface area contributed by atoms with Crippen molar-refractivity contribution in [1.29, 1.82) is 0 Å². The van der Waals surface area contributed by atoms with Gasteiger partial charge < -0.3 is 90.3 Å². The summed E-state index contributed by atoms with van der Waals surface area (Å²) in [5.74, 6) is -11.3. The van der Waals surface area contributed by atoms with Crippen LogP contribution in [0.15, 0.2) is 65.8 Å². The third kappa shape index (κ3) is 22.7. The Labute approximate surface area is 595 Å². The Morgan fingerprint density at radius 1 is 0.559 bits per heavy atom. The minimum atomic E-state index is -1.44. The highest BCUT2D eigenvalue weighted by Gasteiger charge is 2.46. The van der Waals surface area contributed by atoms with Crippen LogP contribution in [-0.4, -0.2) is 206 Å². The van der Waals surface area contributed by atoms with Crippen molar-refractivity contribution < 1.29 is 67.4 Å². The number of hydrogen-bond acceptors (Lipinski definition) is 15. The number of hydrogen-bond donors (Lipinski definition) is 14. The quantitative estimate of drug-likeness (QED) is 0.0205. The highest BCUT2D eigenvalue weighted by molar-refractivity contribution is 6.00. The van der Waals surface area contributed by atoms with Crippen molar-refractivity contribution in [2.24, 2.45) is 51.6 Å². The van der Waals surface area contributed by atoms with Crippen molar-refractivity contribution in [1.82, 2.24) is 62.2 Å². The van der Waals surface area contributed by atoms with Crippen LogP contribution in [0.3, 0.4) is 0 Å². The second-order valence-corrected chi connectivity index (χ2v) is 28.2. The number of aliphatic carboxylic acids is 1. The molecule has 3 aliphatic rings. The van der Waals surface area contributed by atoms with Crippen LogP contribution in [0, 0.1) is 23.7 Å². The normalized spacial score (nSPS) is 18.9. The van der Waals surface area contributed by atoms with Gasteiger partial charge in [-0.3, -0.25) is 62.5 Å². The Kier molecular flexibility index (Phi) is 30.6. The van der Waals surface area contributed by atoms with E-state index in [1.807, 2.05) is 39.0 Å². The fourth-order valence-electron chi connectivity index (χ4n) is 13.2. The van der Waals surface area contributed by atoms with E-state index in [-0.39, 0.29) is 95.8 Å². The molecule has 31 nitrogen and oxygen atoms in total. The maximum absolute atomic E-state index is 15.1. The van der Waals surface area contributed by atoms with Gasteiger partial charge in [-0.25, -0.2) is 4.79 Å². The van der Waals surface area contributed by atoms with Gasteiger partial charge in [0.15, 0.2) is 5.96 Å². The lowest BCUT2D eigenvalue weighted by Crippen LogP contribution is -2.61. The zero-order valence-corrected chi connectivity index (χ0v) is 60.1. The molecule has 13 atom stereocenters. The largest absolute Gasteiger partial charge is 0.480 e. The van der Waals surface area contributed by atoms with E-state index in [0.717, 1.165) is 10.9 Å². The van der Waals surface area contributed by atoms with Gasteiger partial charge in [-0.1, -0.05) is 110 Å². The van der Waals surface area contributed by atoms with E-state index < -0.39 is 167 Å². The number of carboxylic acid groups (broad SMARTS) is 1. The Bertz CT molecular complexity index is 3490. The van der Waals surface area contributed by atoms with Crippen LogP contribution in [0.5, 0.6) is 0 Å². The first-order valence-electron chi connectivity index (χ1n) is 35.6. The monoisotopic (exact) mass is 1420 g/mol. The number of carbonyl (C=O) groups is 13. The van der Waals surface area contributed by atoms with Gasteiger partial charge in [0.1, 0.15) is 66.5 Å². The summed E-state index contributed by atoms with van der Waals surface area (Å²) >= 11 is 0. The van der Waals surface area contributed by atoms with E-state index in [1.54, 1.807) is 77.2 Å². The summed E-state index contributed by atoms with van der Waals surface area (Å²) in [5.41, 5.74) is 24.8. The minimum absolute atomic E-state index is 0.0155. The molecule has 3 saturated heterocycles. The second-order valence-electron chi connectivity index (χ2n) is 28.2. The average molecular weight is 1420 g/mol. The van der Waals surface area contributed by atoms with Crippen LogP contribution >= 0.6 is 0 Å². The number of para-hydroxylation sites is 1. The van der Waals surface area contributed by atoms with Gasteiger partial charge in [-0.05, 0) is 112 Å². The predicted octanol–water partition coefficient (Wildman–Crippen LogP) is -0.0404. The number of carbonyl (C=O) groups excluding carboxylic acids is 12. The number of nitrogens with one attached hydrogen (secondary N) is 9. The molecule has 18 N–H and O–H groups in total. The second kappa shape index (κ2) is 38.4. The Morgan fingerprint density at radius 3 is 1.69 bits per heavy atom. The Balaban J connectivity index is 1.21. The zero-order chi connectivity index (χ0) is 75.2. The number of fused-ring (bicyclic) bond motifs is 1. The molecule has 2 aromatic carbocycles. The molecule has 4 heterocycles. The molecule has 560 valence electrons. The lowest BCUT2D eigenvalue weighted by Gasteiger charge is -2.35. The fraction of sp³-hybridized carbons (Fsp3) is 0.606. The van der Waals surface area contributed by atoms with E-state index in [4.69, 9.17) is 22.9 Å². The van der Waals surface area contributed by atoms with Gasteiger partial charge in [0, 0.05) is 62.5 Å². The lowest BCUT2D eigenvalue weighted by atomic mass is 9.96. The zero-order valence-electron chi connectivity index (χ0n) is 60.1. The lowest BCUT2D eigenvalue weighted by molar-refractivity contribution is -0.149. The van der Waals surface area contributed by atoms with Gasteiger partial charge in [0.25, 0.3) is 0 Å². The van der Waals surface area contributed by atoms with Crippen LogP contribution in [-0.2, 0) is 75.2 Å². The van der Waals surface area contributed by atoms with E-state index >= 15 is 14.4 Å². The summed E-state index contributed by atoms with van der Waals surface area (Å²) in [6, 6.07) is 1.35. The smallest absolute Gasteiger partial charge is 0.326 e. The maximum atomic E-state index is 15.1. The van der Waals surface area contributed by atoms with E-state index in [0.29, 0.717) is 43.2 Å². The highest BCUT2D eigenvalue weighted by atomic mass is 16.4. The van der Waals surface area contributed by atoms with Crippen LogP contribution in [0.2, 0.25) is 0 Å².